The number of aryl methyl sites for hydroxylation is 1. The zero-order chi connectivity index (χ0) is 10.7. The van der Waals surface area contributed by atoms with E-state index in [4.69, 9.17) is 15.2 Å². The van der Waals surface area contributed by atoms with Gasteiger partial charge in [-0.2, -0.15) is 0 Å². The lowest BCUT2D eigenvalue weighted by atomic mass is 10.1. The Bertz CT molecular complexity index is 310. The highest BCUT2D eigenvalue weighted by Gasteiger charge is 2.26. The van der Waals surface area contributed by atoms with Gasteiger partial charge in [0.2, 0.25) is 0 Å². The number of hydrogen-bond acceptors (Lipinski definition) is 3. The van der Waals surface area contributed by atoms with Crippen LogP contribution in [0.5, 0.6) is 0 Å². The fourth-order valence-electron chi connectivity index (χ4n) is 1.70. The smallest absolute Gasteiger partial charge is 0.159 e. The summed E-state index contributed by atoms with van der Waals surface area (Å²) in [6, 6.07) is 8.37. The average molecular weight is 207 g/mol. The monoisotopic (exact) mass is 207 g/mol. The molecule has 1 fully saturated rings. The Morgan fingerprint density at radius 3 is 2.73 bits per heavy atom. The lowest BCUT2D eigenvalue weighted by Gasteiger charge is -2.10. The van der Waals surface area contributed by atoms with Gasteiger partial charge in [0.1, 0.15) is 6.10 Å². The first-order chi connectivity index (χ1) is 7.29. The first kappa shape index (κ1) is 10.6. The van der Waals surface area contributed by atoms with Crippen molar-refractivity contribution in [2.24, 2.45) is 5.73 Å². The average Bonchev–Trinajstić information content (AvgIpc) is 2.68. The summed E-state index contributed by atoms with van der Waals surface area (Å²) < 4.78 is 11.2. The molecule has 0 aromatic heterocycles. The van der Waals surface area contributed by atoms with Crippen LogP contribution in [0.1, 0.15) is 23.7 Å². The van der Waals surface area contributed by atoms with Crippen LogP contribution in [0.4, 0.5) is 0 Å². The summed E-state index contributed by atoms with van der Waals surface area (Å²) in [5.41, 5.74) is 7.89. The van der Waals surface area contributed by atoms with Gasteiger partial charge in [-0.05, 0) is 19.0 Å². The second-order valence-electron chi connectivity index (χ2n) is 3.88. The van der Waals surface area contributed by atoms with Gasteiger partial charge in [0.05, 0.1) is 6.61 Å². The van der Waals surface area contributed by atoms with E-state index in [1.165, 1.54) is 11.1 Å². The van der Waals surface area contributed by atoms with Gasteiger partial charge in [0.15, 0.2) is 6.29 Å². The van der Waals surface area contributed by atoms with E-state index in [0.717, 1.165) is 6.42 Å². The van der Waals surface area contributed by atoms with Gasteiger partial charge in [-0.3, -0.25) is 0 Å². The molecule has 1 aromatic carbocycles. The minimum Gasteiger partial charge on any atom is -0.350 e. The maximum atomic E-state index is 5.73. The number of nitrogens with two attached hydrogens (primary N) is 1. The molecule has 15 heavy (non-hydrogen) atoms. The molecule has 1 saturated heterocycles. The van der Waals surface area contributed by atoms with Crippen LogP contribution >= 0.6 is 0 Å². The van der Waals surface area contributed by atoms with E-state index in [-0.39, 0.29) is 12.4 Å². The normalized spacial score (nSPS) is 25.7. The van der Waals surface area contributed by atoms with Crippen LogP contribution in [-0.2, 0) is 9.47 Å². The molecule has 3 heteroatoms. The summed E-state index contributed by atoms with van der Waals surface area (Å²) in [7, 11) is 0. The van der Waals surface area contributed by atoms with Crippen LogP contribution < -0.4 is 5.73 Å². The van der Waals surface area contributed by atoms with E-state index < -0.39 is 0 Å². The summed E-state index contributed by atoms with van der Waals surface area (Å²) in [6.45, 7) is 3.31. The summed E-state index contributed by atoms with van der Waals surface area (Å²) in [5.74, 6) is 0. The van der Waals surface area contributed by atoms with Crippen molar-refractivity contribution in [1.29, 1.82) is 0 Å². The molecule has 0 radical (unpaired) electrons. The van der Waals surface area contributed by atoms with Gasteiger partial charge < -0.3 is 15.2 Å². The first-order valence-electron chi connectivity index (χ1n) is 5.33. The predicted molar refractivity (Wildman–Crippen MR) is 58.4 cm³/mol. The molecule has 1 aliphatic heterocycles. The summed E-state index contributed by atoms with van der Waals surface area (Å²) in [4.78, 5) is 0. The van der Waals surface area contributed by atoms with Gasteiger partial charge in [0.25, 0.3) is 0 Å². The minimum absolute atomic E-state index is 0.0714. The largest absolute Gasteiger partial charge is 0.350 e. The maximum Gasteiger partial charge on any atom is 0.159 e. The van der Waals surface area contributed by atoms with Gasteiger partial charge in [-0.15, -0.1) is 0 Å². The third-order valence-corrected chi connectivity index (χ3v) is 2.60. The lowest BCUT2D eigenvalue weighted by Crippen LogP contribution is -2.14. The Morgan fingerprint density at radius 1 is 1.33 bits per heavy atom. The lowest BCUT2D eigenvalue weighted by molar-refractivity contribution is -0.0606. The fraction of sp³-hybridized carbons (Fsp3) is 0.500. The van der Waals surface area contributed by atoms with E-state index >= 15 is 0 Å². The Balaban J connectivity index is 1.98. The molecule has 2 atom stereocenters. The van der Waals surface area contributed by atoms with Crippen molar-refractivity contribution in [2.45, 2.75) is 25.7 Å². The highest BCUT2D eigenvalue weighted by molar-refractivity contribution is 5.23. The standard InChI is InChI=1S/C12H17NO2/c1-9-2-4-10(5-3-9)11-8-14-12(15-11)6-7-13/h2-5,11-12H,6-8,13H2,1H3. The number of benzene rings is 1. The molecule has 1 aromatic rings. The van der Waals surface area contributed by atoms with Gasteiger partial charge in [-0.1, -0.05) is 29.8 Å². The molecule has 2 unspecified atom stereocenters. The third kappa shape index (κ3) is 2.56. The molecule has 2 N–H and O–H groups in total. The third-order valence-electron chi connectivity index (χ3n) is 2.60. The van der Waals surface area contributed by atoms with Gasteiger partial charge in [-0.25, -0.2) is 0 Å². The van der Waals surface area contributed by atoms with Crippen LogP contribution in [0.3, 0.4) is 0 Å². The number of ether oxygens (including phenoxy) is 2. The fourth-order valence-corrected chi connectivity index (χ4v) is 1.70. The second kappa shape index (κ2) is 4.75. The van der Waals surface area contributed by atoms with Crippen LogP contribution in [0.15, 0.2) is 24.3 Å². The molecule has 1 aliphatic rings. The molecular weight excluding hydrogens is 190 g/mol. The Kier molecular flexibility index (Phi) is 3.36. The van der Waals surface area contributed by atoms with Crippen LogP contribution in [0.2, 0.25) is 0 Å². The van der Waals surface area contributed by atoms with Crippen LogP contribution in [-0.4, -0.2) is 19.4 Å². The zero-order valence-corrected chi connectivity index (χ0v) is 8.98. The van der Waals surface area contributed by atoms with Crippen molar-refractivity contribution >= 4 is 0 Å². The van der Waals surface area contributed by atoms with Crippen molar-refractivity contribution in [2.75, 3.05) is 13.2 Å². The van der Waals surface area contributed by atoms with Crippen molar-refractivity contribution in [3.63, 3.8) is 0 Å². The molecule has 0 amide bonds. The molecule has 0 bridgehead atoms. The highest BCUT2D eigenvalue weighted by atomic mass is 16.7. The molecule has 3 nitrogen and oxygen atoms in total. The van der Waals surface area contributed by atoms with E-state index in [0.29, 0.717) is 13.2 Å². The first-order valence-corrected chi connectivity index (χ1v) is 5.33. The topological polar surface area (TPSA) is 44.5 Å². The summed E-state index contributed by atoms with van der Waals surface area (Å²) in [6.07, 6.45) is 0.714. The maximum absolute atomic E-state index is 5.73. The predicted octanol–water partition coefficient (Wildman–Crippen LogP) is 1.76. The molecule has 0 spiro atoms. The van der Waals surface area contributed by atoms with Gasteiger partial charge >= 0.3 is 0 Å². The number of rotatable bonds is 3. The quantitative estimate of drug-likeness (QED) is 0.821. The molecular formula is C12H17NO2. The van der Waals surface area contributed by atoms with Gasteiger partial charge in [0, 0.05) is 6.42 Å². The van der Waals surface area contributed by atoms with Crippen molar-refractivity contribution in [1.82, 2.24) is 0 Å². The molecule has 0 saturated carbocycles. The van der Waals surface area contributed by atoms with E-state index in [1.54, 1.807) is 0 Å². The van der Waals surface area contributed by atoms with E-state index in [9.17, 15) is 0 Å². The van der Waals surface area contributed by atoms with E-state index in [1.807, 2.05) is 0 Å². The Labute approximate surface area is 90.2 Å². The zero-order valence-electron chi connectivity index (χ0n) is 8.98. The van der Waals surface area contributed by atoms with Crippen LogP contribution in [0.25, 0.3) is 0 Å². The number of hydrogen-bond donors (Lipinski definition) is 1. The van der Waals surface area contributed by atoms with Crippen molar-refractivity contribution < 1.29 is 9.47 Å². The summed E-state index contributed by atoms with van der Waals surface area (Å²) in [5, 5.41) is 0. The molecule has 2 rings (SSSR count). The second-order valence-corrected chi connectivity index (χ2v) is 3.88. The minimum atomic E-state index is -0.124. The molecule has 1 heterocycles. The van der Waals surface area contributed by atoms with E-state index in [2.05, 4.69) is 31.2 Å². The van der Waals surface area contributed by atoms with Crippen molar-refractivity contribution in [3.05, 3.63) is 35.4 Å². The Morgan fingerprint density at radius 2 is 2.07 bits per heavy atom. The molecule has 82 valence electrons. The summed E-state index contributed by atoms with van der Waals surface area (Å²) >= 11 is 0. The van der Waals surface area contributed by atoms with Crippen molar-refractivity contribution in [3.8, 4) is 0 Å². The molecule has 0 aliphatic carbocycles. The highest BCUT2D eigenvalue weighted by Crippen LogP contribution is 2.27. The Hall–Kier alpha value is -0.900. The van der Waals surface area contributed by atoms with Crippen LogP contribution in [0, 0.1) is 6.92 Å². The SMILES string of the molecule is Cc1ccc(C2COC(CCN)O2)cc1.